The maximum atomic E-state index is 12.5. The number of sulfonamides is 1. The van der Waals surface area contributed by atoms with E-state index in [-0.39, 0.29) is 11.5 Å². The first kappa shape index (κ1) is 16.8. The van der Waals surface area contributed by atoms with E-state index in [9.17, 15) is 8.42 Å². The Balaban J connectivity index is 2.13. The minimum absolute atomic E-state index is 0.0670. The van der Waals surface area contributed by atoms with Crippen molar-refractivity contribution in [1.82, 2.24) is 14.5 Å². The van der Waals surface area contributed by atoms with E-state index in [4.69, 9.17) is 5.11 Å². The van der Waals surface area contributed by atoms with Gasteiger partial charge in [-0.1, -0.05) is 0 Å². The van der Waals surface area contributed by atoms with E-state index in [0.717, 1.165) is 18.6 Å². The van der Waals surface area contributed by atoms with Gasteiger partial charge in [0.25, 0.3) is 0 Å². The second-order valence-electron chi connectivity index (χ2n) is 5.29. The fraction of sp³-hybridized carbons (Fsp3) is 0.769. The highest BCUT2D eigenvalue weighted by atomic mass is 32.2. The lowest BCUT2D eigenvalue weighted by Crippen LogP contribution is -2.30. The Labute approximate surface area is 130 Å². The molecule has 1 atom stereocenters. The third-order valence-corrected chi connectivity index (χ3v) is 6.71. The number of nitrogens with one attached hydrogen (secondary N) is 1. The molecule has 6 nitrogen and oxygen atoms in total. The second-order valence-corrected chi connectivity index (χ2v) is 8.40. The maximum absolute atomic E-state index is 12.5. The van der Waals surface area contributed by atoms with Gasteiger partial charge in [-0.05, 0) is 38.9 Å². The summed E-state index contributed by atoms with van der Waals surface area (Å²) in [5.74, 6) is 1.11. The summed E-state index contributed by atoms with van der Waals surface area (Å²) < 4.78 is 29.4. The average Bonchev–Trinajstić information content (AvgIpc) is 3.03. The molecule has 1 aliphatic heterocycles. The Morgan fingerprint density at radius 3 is 2.86 bits per heavy atom. The van der Waals surface area contributed by atoms with Gasteiger partial charge < -0.3 is 5.11 Å². The van der Waals surface area contributed by atoms with Crippen molar-refractivity contribution in [2.24, 2.45) is 0 Å². The molecule has 1 aliphatic rings. The number of aliphatic hydroxyl groups is 1. The molecule has 0 aliphatic carbocycles. The van der Waals surface area contributed by atoms with E-state index >= 15 is 0 Å². The molecule has 8 heteroatoms. The van der Waals surface area contributed by atoms with Gasteiger partial charge in [0, 0.05) is 24.9 Å². The van der Waals surface area contributed by atoms with Crippen molar-refractivity contribution in [3.63, 3.8) is 0 Å². The first-order valence-electron chi connectivity index (χ1n) is 7.22. The Morgan fingerprint density at radius 1 is 1.48 bits per heavy atom. The lowest BCUT2D eigenvalue weighted by Gasteiger charge is -2.11. The van der Waals surface area contributed by atoms with E-state index in [1.54, 1.807) is 18.5 Å². The molecule has 0 amide bonds. The highest BCUT2D eigenvalue weighted by Crippen LogP contribution is 2.26. The molecular weight excluding hydrogens is 310 g/mol. The standard InChI is InChI=1S/C13H23N3O3S2/c1-10-13(11(2)16(15-10)6-4-7-17)21(18,19)14-9-12-5-3-8-20-12/h12,14,17H,3-9H2,1-2H3. The Bertz CT molecular complexity index is 578. The first-order valence-corrected chi connectivity index (χ1v) is 9.75. The van der Waals surface area contributed by atoms with Crippen LogP contribution in [0.3, 0.4) is 0 Å². The zero-order valence-electron chi connectivity index (χ0n) is 12.5. The van der Waals surface area contributed by atoms with E-state index in [1.807, 2.05) is 11.8 Å². The molecule has 1 fully saturated rings. The van der Waals surface area contributed by atoms with Gasteiger partial charge in [0.15, 0.2) is 0 Å². The van der Waals surface area contributed by atoms with Crippen LogP contribution >= 0.6 is 11.8 Å². The Hall–Kier alpha value is -0.570. The van der Waals surface area contributed by atoms with Gasteiger partial charge in [-0.3, -0.25) is 4.68 Å². The number of hydrogen-bond acceptors (Lipinski definition) is 5. The lowest BCUT2D eigenvalue weighted by molar-refractivity contribution is 0.276. The van der Waals surface area contributed by atoms with E-state index in [1.165, 1.54) is 0 Å². The summed E-state index contributed by atoms with van der Waals surface area (Å²) >= 11 is 1.83. The fourth-order valence-electron chi connectivity index (χ4n) is 2.59. The normalized spacial score (nSPS) is 19.3. The summed E-state index contributed by atoms with van der Waals surface area (Å²) in [6, 6.07) is 0. The van der Waals surface area contributed by atoms with Crippen molar-refractivity contribution >= 4 is 21.8 Å². The molecule has 1 aromatic rings. The van der Waals surface area contributed by atoms with Crippen LogP contribution in [0.15, 0.2) is 4.90 Å². The highest BCUT2D eigenvalue weighted by molar-refractivity contribution is 8.00. The van der Waals surface area contributed by atoms with Crippen LogP contribution in [0, 0.1) is 13.8 Å². The molecular formula is C13H23N3O3S2. The van der Waals surface area contributed by atoms with E-state index < -0.39 is 10.0 Å². The van der Waals surface area contributed by atoms with Crippen LogP contribution in [0.1, 0.15) is 30.7 Å². The number of hydrogen-bond donors (Lipinski definition) is 2. The largest absolute Gasteiger partial charge is 0.396 e. The molecule has 1 saturated heterocycles. The summed E-state index contributed by atoms with van der Waals surface area (Å²) in [5, 5.41) is 13.5. The third kappa shape index (κ3) is 4.00. The van der Waals surface area contributed by atoms with Crippen molar-refractivity contribution in [2.45, 2.75) is 49.8 Å². The van der Waals surface area contributed by atoms with Crippen molar-refractivity contribution in [2.75, 3.05) is 18.9 Å². The summed E-state index contributed by atoms with van der Waals surface area (Å²) in [6.45, 7) is 4.54. The number of nitrogens with zero attached hydrogens (tertiary/aromatic N) is 2. The van der Waals surface area contributed by atoms with Gasteiger partial charge in [-0.15, -0.1) is 0 Å². The summed E-state index contributed by atoms with van der Waals surface area (Å²) in [5.41, 5.74) is 1.14. The highest BCUT2D eigenvalue weighted by Gasteiger charge is 2.26. The van der Waals surface area contributed by atoms with Gasteiger partial charge in [-0.2, -0.15) is 16.9 Å². The summed E-state index contributed by atoms with van der Waals surface area (Å²) in [7, 11) is -3.52. The Morgan fingerprint density at radius 2 is 2.24 bits per heavy atom. The number of thioether (sulfide) groups is 1. The number of aryl methyl sites for hydroxylation is 2. The number of aliphatic hydroxyl groups excluding tert-OH is 1. The van der Waals surface area contributed by atoms with Crippen LogP contribution in [0.4, 0.5) is 0 Å². The molecule has 21 heavy (non-hydrogen) atoms. The zero-order valence-corrected chi connectivity index (χ0v) is 14.1. The number of rotatable bonds is 7. The third-order valence-electron chi connectivity index (χ3n) is 3.64. The quantitative estimate of drug-likeness (QED) is 0.779. The number of aromatic nitrogens is 2. The van der Waals surface area contributed by atoms with Gasteiger partial charge in [0.05, 0.1) is 11.4 Å². The van der Waals surface area contributed by atoms with Gasteiger partial charge in [0.2, 0.25) is 10.0 Å². The molecule has 2 N–H and O–H groups in total. The average molecular weight is 333 g/mol. The molecule has 2 rings (SSSR count). The van der Waals surface area contributed by atoms with E-state index in [0.29, 0.717) is 36.1 Å². The van der Waals surface area contributed by atoms with Crippen molar-refractivity contribution < 1.29 is 13.5 Å². The van der Waals surface area contributed by atoms with Crippen LogP contribution in [0.5, 0.6) is 0 Å². The maximum Gasteiger partial charge on any atom is 0.244 e. The SMILES string of the molecule is Cc1nn(CCCO)c(C)c1S(=O)(=O)NCC1CCCS1. The summed E-state index contributed by atoms with van der Waals surface area (Å²) in [6.07, 6.45) is 2.79. The predicted molar refractivity (Wildman–Crippen MR) is 84.1 cm³/mol. The monoisotopic (exact) mass is 333 g/mol. The summed E-state index contributed by atoms with van der Waals surface area (Å²) in [4.78, 5) is 0.281. The van der Waals surface area contributed by atoms with Crippen LogP contribution in [-0.2, 0) is 16.6 Å². The minimum atomic E-state index is -3.52. The van der Waals surface area contributed by atoms with Crippen molar-refractivity contribution in [3.05, 3.63) is 11.4 Å². The minimum Gasteiger partial charge on any atom is -0.396 e. The van der Waals surface area contributed by atoms with Crippen molar-refractivity contribution in [3.8, 4) is 0 Å². The van der Waals surface area contributed by atoms with Gasteiger partial charge in [-0.25, -0.2) is 13.1 Å². The zero-order chi connectivity index (χ0) is 15.5. The van der Waals surface area contributed by atoms with Crippen molar-refractivity contribution in [1.29, 1.82) is 0 Å². The molecule has 0 aromatic carbocycles. The molecule has 0 spiro atoms. The molecule has 2 heterocycles. The molecule has 1 aromatic heterocycles. The topological polar surface area (TPSA) is 84.2 Å². The van der Waals surface area contributed by atoms with Gasteiger partial charge >= 0.3 is 0 Å². The predicted octanol–water partition coefficient (Wildman–Crippen LogP) is 1.06. The smallest absolute Gasteiger partial charge is 0.244 e. The van der Waals surface area contributed by atoms with Crippen LogP contribution in [-0.4, -0.2) is 47.5 Å². The molecule has 120 valence electrons. The van der Waals surface area contributed by atoms with E-state index in [2.05, 4.69) is 9.82 Å². The lowest BCUT2D eigenvalue weighted by atomic mass is 10.2. The van der Waals surface area contributed by atoms with Gasteiger partial charge in [0.1, 0.15) is 4.90 Å². The first-order chi connectivity index (χ1) is 9.95. The Kier molecular flexibility index (Phi) is 5.70. The molecule has 0 saturated carbocycles. The van der Waals surface area contributed by atoms with Crippen LogP contribution < -0.4 is 4.72 Å². The van der Waals surface area contributed by atoms with Crippen LogP contribution in [0.2, 0.25) is 0 Å². The molecule has 1 unspecified atom stereocenters. The second kappa shape index (κ2) is 7.13. The fourth-order valence-corrected chi connectivity index (χ4v) is 5.38. The molecule has 0 radical (unpaired) electrons. The van der Waals surface area contributed by atoms with Crippen LogP contribution in [0.25, 0.3) is 0 Å². The molecule has 0 bridgehead atoms.